The molecule has 3 heteroatoms. The first kappa shape index (κ1) is 8.59. The lowest BCUT2D eigenvalue weighted by molar-refractivity contribution is -0.268. The van der Waals surface area contributed by atoms with E-state index in [4.69, 9.17) is 5.11 Å². The number of benzene rings is 1. The average Bonchev–Trinajstić information content (AvgIpc) is 2.05. The molecule has 0 saturated carbocycles. The quantitative estimate of drug-likeness (QED) is 0.711. The number of hydrogen-bond donors (Lipinski definition) is 1. The Balaban J connectivity index is 3.17. The van der Waals surface area contributed by atoms with Gasteiger partial charge in [0, 0.05) is 0 Å². The minimum atomic E-state index is -1.16. The molecule has 0 heterocycles. The van der Waals surface area contributed by atoms with Crippen molar-refractivity contribution in [2.75, 3.05) is 0 Å². The van der Waals surface area contributed by atoms with Crippen molar-refractivity contribution in [3.05, 3.63) is 29.3 Å². The topological polar surface area (TPSA) is 60.4 Å². The molecule has 0 fully saturated rings. The fourth-order valence-corrected chi connectivity index (χ4v) is 0.964. The summed E-state index contributed by atoms with van der Waals surface area (Å²) in [5.41, 5.74) is 0.723. The number of hydrogen-bond acceptors (Lipinski definition) is 2. The predicted molar refractivity (Wildman–Crippen MR) is 42.2 cm³/mol. The van der Waals surface area contributed by atoms with Crippen LogP contribution in [0.1, 0.15) is 22.8 Å². The van der Waals surface area contributed by atoms with Gasteiger partial charge in [-0.3, -0.25) is 0 Å². The van der Waals surface area contributed by atoms with E-state index >= 15 is 0 Å². The second-order valence-corrected chi connectivity index (χ2v) is 2.49. The van der Waals surface area contributed by atoms with Crippen molar-refractivity contribution in [2.24, 2.45) is 0 Å². The summed E-state index contributed by atoms with van der Waals surface area (Å²) in [7, 11) is 0. The highest BCUT2D eigenvalue weighted by molar-refractivity contribution is 5.90. The second kappa shape index (κ2) is 3.26. The van der Waals surface area contributed by atoms with Crippen molar-refractivity contribution in [3.8, 4) is 5.75 Å². The Morgan fingerprint density at radius 2 is 2.25 bits per heavy atom. The molecule has 1 aromatic rings. The lowest BCUT2D eigenvalue weighted by Gasteiger charge is -2.10. The molecule has 0 aliphatic carbocycles. The molecule has 0 atom stereocenters. The van der Waals surface area contributed by atoms with Crippen LogP contribution < -0.4 is 5.11 Å². The fourth-order valence-electron chi connectivity index (χ4n) is 0.964. The SMILES string of the molecule is CCc1ccc([O-])c(C(=O)O)c1. The van der Waals surface area contributed by atoms with Crippen LogP contribution in [0.25, 0.3) is 0 Å². The van der Waals surface area contributed by atoms with Gasteiger partial charge in [-0.1, -0.05) is 24.8 Å². The highest BCUT2D eigenvalue weighted by Crippen LogP contribution is 2.15. The molecule has 64 valence electrons. The monoisotopic (exact) mass is 165 g/mol. The van der Waals surface area contributed by atoms with Gasteiger partial charge in [-0.15, -0.1) is 0 Å². The minimum Gasteiger partial charge on any atom is -0.872 e. The van der Waals surface area contributed by atoms with E-state index in [0.29, 0.717) is 0 Å². The smallest absolute Gasteiger partial charge is 0.335 e. The van der Waals surface area contributed by atoms with Crippen molar-refractivity contribution >= 4 is 5.97 Å². The van der Waals surface area contributed by atoms with Crippen LogP contribution in [0.15, 0.2) is 18.2 Å². The zero-order chi connectivity index (χ0) is 9.14. The lowest BCUT2D eigenvalue weighted by atomic mass is 10.1. The molecule has 12 heavy (non-hydrogen) atoms. The Morgan fingerprint density at radius 1 is 1.58 bits per heavy atom. The van der Waals surface area contributed by atoms with Crippen molar-refractivity contribution in [1.82, 2.24) is 0 Å². The summed E-state index contributed by atoms with van der Waals surface area (Å²) in [6.45, 7) is 1.91. The molecule has 0 amide bonds. The third-order valence-corrected chi connectivity index (χ3v) is 1.68. The van der Waals surface area contributed by atoms with Gasteiger partial charge in [0.1, 0.15) is 0 Å². The Bertz CT molecular complexity index is 305. The molecule has 0 unspecified atom stereocenters. The first-order valence-electron chi connectivity index (χ1n) is 3.68. The Morgan fingerprint density at radius 3 is 2.75 bits per heavy atom. The molecule has 1 N–H and O–H groups in total. The standard InChI is InChI=1S/C9H10O3/c1-2-6-3-4-8(10)7(5-6)9(11)12/h3-5,10H,2H2,1H3,(H,11,12)/p-1. The van der Waals surface area contributed by atoms with Gasteiger partial charge in [0.25, 0.3) is 0 Å². The molecule has 1 aromatic carbocycles. The third-order valence-electron chi connectivity index (χ3n) is 1.68. The largest absolute Gasteiger partial charge is 0.872 e. The third kappa shape index (κ3) is 1.56. The number of carboxylic acids is 1. The summed E-state index contributed by atoms with van der Waals surface area (Å²) < 4.78 is 0. The Labute approximate surface area is 70.3 Å². The number of carbonyl (C=O) groups is 1. The van der Waals surface area contributed by atoms with Crippen LogP contribution in [-0.4, -0.2) is 11.1 Å². The van der Waals surface area contributed by atoms with Crippen LogP contribution >= 0.6 is 0 Å². The summed E-state index contributed by atoms with van der Waals surface area (Å²) >= 11 is 0. The summed E-state index contributed by atoms with van der Waals surface area (Å²) in [6.07, 6.45) is 0.737. The van der Waals surface area contributed by atoms with Crippen molar-refractivity contribution < 1.29 is 15.0 Å². The van der Waals surface area contributed by atoms with Gasteiger partial charge >= 0.3 is 5.97 Å². The summed E-state index contributed by atoms with van der Waals surface area (Å²) in [5.74, 6) is -1.59. The maximum atomic E-state index is 10.9. The highest BCUT2D eigenvalue weighted by Gasteiger charge is 2.03. The molecule has 0 bridgehead atoms. The average molecular weight is 165 g/mol. The minimum absolute atomic E-state index is 0.144. The zero-order valence-corrected chi connectivity index (χ0v) is 6.70. The predicted octanol–water partition coefficient (Wildman–Crippen LogP) is 1.02. The van der Waals surface area contributed by atoms with Gasteiger partial charge in [-0.2, -0.15) is 0 Å². The molecule has 0 radical (unpaired) electrons. The maximum Gasteiger partial charge on any atom is 0.335 e. The molecule has 1 rings (SSSR count). The van der Waals surface area contributed by atoms with Gasteiger partial charge in [0.05, 0.1) is 5.56 Å². The van der Waals surface area contributed by atoms with Crippen LogP contribution in [0, 0.1) is 0 Å². The maximum absolute atomic E-state index is 10.9. The second-order valence-electron chi connectivity index (χ2n) is 2.49. The Hall–Kier alpha value is -1.51. The van der Waals surface area contributed by atoms with E-state index in [0.717, 1.165) is 12.0 Å². The summed E-state index contributed by atoms with van der Waals surface area (Å²) in [4.78, 5) is 10.5. The van der Waals surface area contributed by atoms with Crippen LogP contribution in [0.3, 0.4) is 0 Å². The van der Waals surface area contributed by atoms with E-state index in [1.165, 1.54) is 12.1 Å². The molecule has 0 aliphatic rings. The molecular formula is C9H9O3-. The summed E-state index contributed by atoms with van der Waals surface area (Å²) in [5, 5.41) is 19.5. The number of aryl methyl sites for hydroxylation is 1. The van der Waals surface area contributed by atoms with E-state index < -0.39 is 11.7 Å². The molecule has 0 aliphatic heterocycles. The summed E-state index contributed by atoms with van der Waals surface area (Å²) in [6, 6.07) is 4.36. The van der Waals surface area contributed by atoms with E-state index in [-0.39, 0.29) is 5.56 Å². The fraction of sp³-hybridized carbons (Fsp3) is 0.222. The molecule has 3 nitrogen and oxygen atoms in total. The van der Waals surface area contributed by atoms with Crippen LogP contribution in [0.5, 0.6) is 5.75 Å². The van der Waals surface area contributed by atoms with Gasteiger partial charge in [0.15, 0.2) is 0 Å². The van der Waals surface area contributed by atoms with Crippen molar-refractivity contribution in [1.29, 1.82) is 0 Å². The number of aromatic carboxylic acids is 1. The van der Waals surface area contributed by atoms with Gasteiger partial charge in [0.2, 0.25) is 0 Å². The van der Waals surface area contributed by atoms with Crippen LogP contribution in [0.4, 0.5) is 0 Å². The highest BCUT2D eigenvalue weighted by atomic mass is 16.4. The van der Waals surface area contributed by atoms with Crippen molar-refractivity contribution in [3.63, 3.8) is 0 Å². The first-order chi connectivity index (χ1) is 5.65. The van der Waals surface area contributed by atoms with Crippen LogP contribution in [0.2, 0.25) is 0 Å². The van der Waals surface area contributed by atoms with E-state index in [2.05, 4.69) is 0 Å². The molecule has 0 aromatic heterocycles. The first-order valence-corrected chi connectivity index (χ1v) is 3.68. The van der Waals surface area contributed by atoms with Crippen molar-refractivity contribution in [2.45, 2.75) is 13.3 Å². The van der Waals surface area contributed by atoms with E-state index in [9.17, 15) is 9.90 Å². The normalized spacial score (nSPS) is 9.75. The molecule has 0 saturated heterocycles. The van der Waals surface area contributed by atoms with Gasteiger partial charge < -0.3 is 10.2 Å². The van der Waals surface area contributed by atoms with Crippen LogP contribution in [-0.2, 0) is 6.42 Å². The van der Waals surface area contributed by atoms with Gasteiger partial charge in [-0.05, 0) is 18.1 Å². The number of carboxylic acid groups (broad SMARTS) is 1. The Kier molecular flexibility index (Phi) is 2.33. The van der Waals surface area contributed by atoms with E-state index in [1.54, 1.807) is 6.07 Å². The lowest BCUT2D eigenvalue weighted by Crippen LogP contribution is -2.04. The number of rotatable bonds is 2. The zero-order valence-electron chi connectivity index (χ0n) is 6.70. The molecule has 0 spiro atoms. The van der Waals surface area contributed by atoms with E-state index in [1.807, 2.05) is 6.92 Å². The van der Waals surface area contributed by atoms with Gasteiger partial charge in [-0.25, -0.2) is 4.79 Å². The molecular weight excluding hydrogens is 156 g/mol.